The summed E-state index contributed by atoms with van der Waals surface area (Å²) >= 11 is 0. The maximum absolute atomic E-state index is 12.3. The molecule has 20 heavy (non-hydrogen) atoms. The third kappa shape index (κ3) is 2.41. The molecule has 1 saturated heterocycles. The lowest BCUT2D eigenvalue weighted by atomic mass is 9.61. The Bertz CT molecular complexity index is 378. The van der Waals surface area contributed by atoms with Crippen LogP contribution in [0.3, 0.4) is 0 Å². The van der Waals surface area contributed by atoms with Crippen molar-refractivity contribution in [1.29, 1.82) is 0 Å². The Kier molecular flexibility index (Phi) is 4.16. The molecule has 0 aromatic carbocycles. The number of ether oxygens (including phenoxy) is 1. The summed E-state index contributed by atoms with van der Waals surface area (Å²) in [6.45, 7) is 2.32. The number of hydrogen-bond acceptors (Lipinski definition) is 3. The molecule has 2 fully saturated rings. The Balaban J connectivity index is 1.91. The first-order valence-electron chi connectivity index (χ1n) is 8.25. The SMILES string of the molecule is COC(=O)C1C=CCC2(CCCCC2)C1N1CCCC1. The largest absolute Gasteiger partial charge is 0.469 e. The van der Waals surface area contributed by atoms with E-state index in [1.54, 1.807) is 0 Å². The van der Waals surface area contributed by atoms with Crippen molar-refractivity contribution in [2.24, 2.45) is 11.3 Å². The molecule has 0 aromatic heterocycles. The molecule has 3 nitrogen and oxygen atoms in total. The van der Waals surface area contributed by atoms with Gasteiger partial charge in [-0.25, -0.2) is 0 Å². The summed E-state index contributed by atoms with van der Waals surface area (Å²) < 4.78 is 5.10. The molecule has 1 spiro atoms. The van der Waals surface area contributed by atoms with E-state index in [0.29, 0.717) is 11.5 Å². The molecule has 3 rings (SSSR count). The summed E-state index contributed by atoms with van der Waals surface area (Å²) in [7, 11) is 1.53. The lowest BCUT2D eigenvalue weighted by molar-refractivity contribution is -0.149. The number of esters is 1. The number of hydrogen-bond donors (Lipinski definition) is 0. The highest BCUT2D eigenvalue weighted by atomic mass is 16.5. The van der Waals surface area contributed by atoms with Crippen molar-refractivity contribution < 1.29 is 9.53 Å². The Hall–Kier alpha value is -0.830. The van der Waals surface area contributed by atoms with Crippen LogP contribution in [0.25, 0.3) is 0 Å². The van der Waals surface area contributed by atoms with E-state index in [1.165, 1.54) is 52.1 Å². The second-order valence-corrected chi connectivity index (χ2v) is 6.79. The summed E-state index contributed by atoms with van der Waals surface area (Å²) in [5.41, 5.74) is 0.330. The fourth-order valence-electron chi connectivity index (χ4n) is 4.79. The fraction of sp³-hybridized carbons (Fsp3) is 0.824. The van der Waals surface area contributed by atoms with Crippen molar-refractivity contribution in [3.63, 3.8) is 0 Å². The summed E-state index contributed by atoms with van der Waals surface area (Å²) in [5, 5.41) is 0. The van der Waals surface area contributed by atoms with E-state index in [-0.39, 0.29) is 11.9 Å². The monoisotopic (exact) mass is 277 g/mol. The molecule has 3 aliphatic rings. The molecular weight excluding hydrogens is 250 g/mol. The quantitative estimate of drug-likeness (QED) is 0.573. The van der Waals surface area contributed by atoms with Gasteiger partial charge >= 0.3 is 5.97 Å². The number of rotatable bonds is 2. The van der Waals surface area contributed by atoms with Crippen LogP contribution < -0.4 is 0 Å². The lowest BCUT2D eigenvalue weighted by Gasteiger charge is -2.51. The zero-order valence-electron chi connectivity index (χ0n) is 12.6. The van der Waals surface area contributed by atoms with E-state index in [4.69, 9.17) is 4.74 Å². The minimum Gasteiger partial charge on any atom is -0.469 e. The van der Waals surface area contributed by atoms with Gasteiger partial charge in [0.25, 0.3) is 0 Å². The molecular formula is C17H27NO2. The van der Waals surface area contributed by atoms with E-state index in [0.717, 1.165) is 19.5 Å². The average molecular weight is 277 g/mol. The van der Waals surface area contributed by atoms with Gasteiger partial charge in [-0.15, -0.1) is 0 Å². The molecule has 2 unspecified atom stereocenters. The maximum Gasteiger partial charge on any atom is 0.314 e. The highest BCUT2D eigenvalue weighted by Gasteiger charge is 2.49. The topological polar surface area (TPSA) is 29.5 Å². The molecule has 1 heterocycles. The molecule has 112 valence electrons. The van der Waals surface area contributed by atoms with Gasteiger partial charge in [-0.2, -0.15) is 0 Å². The Morgan fingerprint density at radius 2 is 1.85 bits per heavy atom. The second kappa shape index (κ2) is 5.88. The van der Waals surface area contributed by atoms with Gasteiger partial charge < -0.3 is 4.74 Å². The molecule has 3 heteroatoms. The van der Waals surface area contributed by atoms with E-state index < -0.39 is 0 Å². The van der Waals surface area contributed by atoms with Crippen molar-refractivity contribution in [3.8, 4) is 0 Å². The molecule has 1 saturated carbocycles. The van der Waals surface area contributed by atoms with Gasteiger partial charge in [-0.3, -0.25) is 9.69 Å². The van der Waals surface area contributed by atoms with Crippen LogP contribution >= 0.6 is 0 Å². The zero-order valence-corrected chi connectivity index (χ0v) is 12.6. The van der Waals surface area contributed by atoms with Gasteiger partial charge in [0, 0.05) is 6.04 Å². The van der Waals surface area contributed by atoms with Crippen LogP contribution in [0.1, 0.15) is 51.4 Å². The molecule has 2 aliphatic carbocycles. The highest BCUT2D eigenvalue weighted by Crippen LogP contribution is 2.50. The predicted molar refractivity (Wildman–Crippen MR) is 79.4 cm³/mol. The Labute approximate surface area is 122 Å². The number of likely N-dealkylation sites (tertiary alicyclic amines) is 1. The summed E-state index contributed by atoms with van der Waals surface area (Å²) in [5.74, 6) is -0.0900. The first-order valence-corrected chi connectivity index (χ1v) is 8.25. The van der Waals surface area contributed by atoms with Crippen LogP contribution in [0.4, 0.5) is 0 Å². The molecule has 0 radical (unpaired) electrons. The smallest absolute Gasteiger partial charge is 0.314 e. The molecule has 2 atom stereocenters. The summed E-state index contributed by atoms with van der Waals surface area (Å²) in [6.07, 6.45) is 14.7. The van der Waals surface area contributed by atoms with Crippen molar-refractivity contribution >= 4 is 5.97 Å². The summed E-state index contributed by atoms with van der Waals surface area (Å²) in [4.78, 5) is 14.9. The Morgan fingerprint density at radius 3 is 2.50 bits per heavy atom. The van der Waals surface area contributed by atoms with Crippen molar-refractivity contribution in [2.75, 3.05) is 20.2 Å². The first kappa shape index (κ1) is 14.1. The van der Waals surface area contributed by atoms with E-state index in [9.17, 15) is 4.79 Å². The lowest BCUT2D eigenvalue weighted by Crippen LogP contribution is -2.55. The van der Waals surface area contributed by atoms with Crippen molar-refractivity contribution in [3.05, 3.63) is 12.2 Å². The molecule has 0 aromatic rings. The second-order valence-electron chi connectivity index (χ2n) is 6.79. The first-order chi connectivity index (χ1) is 9.77. The number of allylic oxidation sites excluding steroid dienone is 1. The predicted octanol–water partition coefficient (Wildman–Crippen LogP) is 3.15. The number of methoxy groups -OCH3 is 1. The molecule has 0 bridgehead atoms. The minimum absolute atomic E-state index is 0.0391. The third-order valence-corrected chi connectivity index (χ3v) is 5.69. The van der Waals surface area contributed by atoms with E-state index in [1.807, 2.05) is 0 Å². The molecule has 0 N–H and O–H groups in total. The van der Waals surface area contributed by atoms with Crippen molar-refractivity contribution in [1.82, 2.24) is 4.90 Å². The normalized spacial score (nSPS) is 33.5. The zero-order chi connectivity index (χ0) is 14.0. The van der Waals surface area contributed by atoms with E-state index >= 15 is 0 Å². The van der Waals surface area contributed by atoms with E-state index in [2.05, 4.69) is 17.1 Å². The fourth-order valence-corrected chi connectivity index (χ4v) is 4.79. The van der Waals surface area contributed by atoms with Crippen LogP contribution in [-0.4, -0.2) is 37.1 Å². The van der Waals surface area contributed by atoms with Gasteiger partial charge in [0.15, 0.2) is 0 Å². The van der Waals surface area contributed by atoms with Crippen LogP contribution in [0.2, 0.25) is 0 Å². The van der Waals surface area contributed by atoms with Gasteiger partial charge in [-0.05, 0) is 50.6 Å². The Morgan fingerprint density at radius 1 is 1.15 bits per heavy atom. The van der Waals surface area contributed by atoms with Crippen LogP contribution in [0.15, 0.2) is 12.2 Å². The van der Waals surface area contributed by atoms with Crippen LogP contribution in [0, 0.1) is 11.3 Å². The third-order valence-electron chi connectivity index (χ3n) is 5.69. The standard InChI is InChI=1S/C17H27NO2/c1-20-16(19)14-8-7-11-17(9-3-2-4-10-17)15(14)18-12-5-6-13-18/h7-8,14-15H,2-6,9-13H2,1H3. The maximum atomic E-state index is 12.3. The number of carbonyl (C=O) groups excluding carboxylic acids is 1. The van der Waals surface area contributed by atoms with Crippen molar-refractivity contribution in [2.45, 2.75) is 57.4 Å². The molecule has 1 aliphatic heterocycles. The van der Waals surface area contributed by atoms with Gasteiger partial charge in [0.05, 0.1) is 13.0 Å². The van der Waals surface area contributed by atoms with Crippen LogP contribution in [0.5, 0.6) is 0 Å². The number of nitrogens with zero attached hydrogens (tertiary/aromatic N) is 1. The summed E-state index contributed by atoms with van der Waals surface area (Å²) in [6, 6.07) is 0.378. The average Bonchev–Trinajstić information content (AvgIpc) is 3.00. The van der Waals surface area contributed by atoms with Crippen LogP contribution in [-0.2, 0) is 9.53 Å². The number of carbonyl (C=O) groups is 1. The van der Waals surface area contributed by atoms with Gasteiger partial charge in [-0.1, -0.05) is 31.4 Å². The minimum atomic E-state index is -0.0510. The van der Waals surface area contributed by atoms with Gasteiger partial charge in [0.1, 0.15) is 0 Å². The molecule has 0 amide bonds. The van der Waals surface area contributed by atoms with Gasteiger partial charge in [0.2, 0.25) is 0 Å². The highest BCUT2D eigenvalue weighted by molar-refractivity contribution is 5.75.